The predicted molar refractivity (Wildman–Crippen MR) is 107 cm³/mol. The van der Waals surface area contributed by atoms with Gasteiger partial charge in [0, 0.05) is 29.0 Å². The van der Waals surface area contributed by atoms with Crippen LogP contribution in [-0.4, -0.2) is 18.2 Å². The van der Waals surface area contributed by atoms with Crippen LogP contribution in [0.4, 0.5) is 0 Å². The van der Waals surface area contributed by atoms with Gasteiger partial charge in [0.2, 0.25) is 0 Å². The number of amides is 1. The summed E-state index contributed by atoms with van der Waals surface area (Å²) in [6, 6.07) is 15.6. The molecule has 0 bridgehead atoms. The fourth-order valence-corrected chi connectivity index (χ4v) is 3.62. The molecule has 2 atom stereocenters. The Hall–Kier alpha value is -2.85. The second kappa shape index (κ2) is 7.80. The molecule has 2 aromatic rings. The van der Waals surface area contributed by atoms with Gasteiger partial charge in [-0.25, -0.2) is 0 Å². The summed E-state index contributed by atoms with van der Waals surface area (Å²) in [6.45, 7) is 0.313. The molecule has 2 aliphatic carbocycles. The topological polar surface area (TPSA) is 50.7 Å². The van der Waals surface area contributed by atoms with E-state index in [1.807, 2.05) is 30.3 Å². The Kier molecular flexibility index (Phi) is 5.07. The lowest BCUT2D eigenvalue weighted by Gasteiger charge is -2.15. The average Bonchev–Trinajstić information content (AvgIpc) is 3.02. The molecule has 4 nitrogen and oxygen atoms in total. The summed E-state index contributed by atoms with van der Waals surface area (Å²) in [5.41, 5.74) is 4.19. The molecule has 2 aliphatic rings. The molecule has 0 aliphatic heterocycles. The molecule has 1 amide bonds. The van der Waals surface area contributed by atoms with Crippen molar-refractivity contribution in [2.45, 2.75) is 12.5 Å². The quantitative estimate of drug-likeness (QED) is 0.792. The number of carbonyl (C=O) groups excluding carboxylic acids is 1. The third-order valence-corrected chi connectivity index (χ3v) is 5.06. The highest BCUT2D eigenvalue weighted by Gasteiger charge is 2.36. The minimum atomic E-state index is -0.212. The van der Waals surface area contributed by atoms with Gasteiger partial charge in [-0.05, 0) is 23.3 Å². The Labute approximate surface area is 163 Å². The normalized spacial score (nSPS) is 21.0. The molecule has 2 aromatic carbocycles. The van der Waals surface area contributed by atoms with Gasteiger partial charge in [-0.15, -0.1) is 0 Å². The van der Waals surface area contributed by atoms with Crippen molar-refractivity contribution in [3.05, 3.63) is 94.5 Å². The van der Waals surface area contributed by atoms with Gasteiger partial charge in [0.1, 0.15) is 0 Å². The molecule has 1 N–H and O–H groups in total. The highest BCUT2D eigenvalue weighted by atomic mass is 35.5. The highest BCUT2D eigenvalue weighted by Crippen LogP contribution is 2.41. The Balaban J connectivity index is 1.38. The van der Waals surface area contributed by atoms with Crippen molar-refractivity contribution in [2.75, 3.05) is 6.61 Å². The monoisotopic (exact) mass is 378 g/mol. The molecule has 136 valence electrons. The number of rotatable bonds is 5. The lowest BCUT2D eigenvalue weighted by Crippen LogP contribution is -2.26. The van der Waals surface area contributed by atoms with Crippen molar-refractivity contribution in [1.29, 1.82) is 0 Å². The average molecular weight is 379 g/mol. The number of hydrogen-bond donors (Lipinski definition) is 1. The van der Waals surface area contributed by atoms with Gasteiger partial charge in [0.15, 0.2) is 6.61 Å². The Morgan fingerprint density at radius 1 is 1.04 bits per heavy atom. The summed E-state index contributed by atoms with van der Waals surface area (Å²) in [6.07, 6.45) is 8.41. The van der Waals surface area contributed by atoms with Gasteiger partial charge in [-0.1, -0.05) is 77.5 Å². The molecule has 0 fully saturated rings. The maximum Gasteiger partial charge on any atom is 0.261 e. The van der Waals surface area contributed by atoms with Crippen molar-refractivity contribution < 1.29 is 9.63 Å². The number of fused-ring (bicyclic) bond motifs is 3. The fourth-order valence-electron chi connectivity index (χ4n) is 3.49. The van der Waals surface area contributed by atoms with Crippen LogP contribution in [0.15, 0.2) is 78.0 Å². The molecule has 0 aromatic heterocycles. The lowest BCUT2D eigenvalue weighted by atomic mass is 9.88. The van der Waals surface area contributed by atoms with E-state index >= 15 is 0 Å². The number of nitrogens with one attached hydrogen (secondary N) is 1. The summed E-state index contributed by atoms with van der Waals surface area (Å²) in [5.74, 6) is 0.230. The van der Waals surface area contributed by atoms with Crippen molar-refractivity contribution >= 4 is 23.2 Å². The number of oxime groups is 1. The van der Waals surface area contributed by atoms with Crippen LogP contribution in [0.25, 0.3) is 0 Å². The molecular weight excluding hydrogens is 360 g/mol. The zero-order valence-corrected chi connectivity index (χ0v) is 15.4. The highest BCUT2D eigenvalue weighted by molar-refractivity contribution is 6.30. The van der Waals surface area contributed by atoms with E-state index in [1.165, 1.54) is 5.56 Å². The number of halogens is 1. The molecule has 5 heteroatoms. The van der Waals surface area contributed by atoms with Crippen LogP contribution in [0.1, 0.15) is 22.6 Å². The number of nitrogens with zero attached hydrogens (tertiary/aromatic N) is 1. The minimum absolute atomic E-state index is 0.115. The maximum atomic E-state index is 12.0. The number of allylic oxidation sites excluding steroid dienone is 4. The first-order valence-corrected chi connectivity index (χ1v) is 9.25. The Morgan fingerprint density at radius 2 is 1.78 bits per heavy atom. The molecule has 0 saturated heterocycles. The molecule has 0 spiro atoms. The van der Waals surface area contributed by atoms with E-state index in [9.17, 15) is 4.79 Å². The fraction of sp³-hybridized carbons (Fsp3) is 0.182. The van der Waals surface area contributed by atoms with Gasteiger partial charge in [0.05, 0.1) is 5.71 Å². The Morgan fingerprint density at radius 3 is 2.59 bits per heavy atom. The van der Waals surface area contributed by atoms with E-state index in [4.69, 9.17) is 16.4 Å². The van der Waals surface area contributed by atoms with Crippen LogP contribution in [0.5, 0.6) is 0 Å². The van der Waals surface area contributed by atoms with E-state index in [1.54, 1.807) is 12.1 Å². The Bertz CT molecular complexity index is 932. The lowest BCUT2D eigenvalue weighted by molar-refractivity contribution is -0.125. The summed E-state index contributed by atoms with van der Waals surface area (Å²) < 4.78 is 0. The van der Waals surface area contributed by atoms with Gasteiger partial charge >= 0.3 is 0 Å². The van der Waals surface area contributed by atoms with Gasteiger partial charge < -0.3 is 10.2 Å². The standard InChI is InChI=1S/C22H19ClN2O2/c23-16-11-9-15(10-12-16)13-24-21(26)14-27-25-22-19-7-3-1-5-17(19)18-6-2-4-8-20(18)22/h1-12,17,19H,13-14H2,(H,24,26). The van der Waals surface area contributed by atoms with Crippen molar-refractivity contribution in [1.82, 2.24) is 5.32 Å². The van der Waals surface area contributed by atoms with E-state index in [2.05, 4.69) is 40.8 Å². The van der Waals surface area contributed by atoms with E-state index < -0.39 is 0 Å². The second-order valence-corrected chi connectivity index (χ2v) is 7.00. The largest absolute Gasteiger partial charge is 0.385 e. The molecule has 4 rings (SSSR count). The molecule has 0 saturated carbocycles. The first-order valence-electron chi connectivity index (χ1n) is 8.87. The molecule has 0 radical (unpaired) electrons. The van der Waals surface area contributed by atoms with Crippen LogP contribution in [-0.2, 0) is 16.2 Å². The number of carbonyl (C=O) groups is 1. The molecule has 27 heavy (non-hydrogen) atoms. The summed E-state index contributed by atoms with van der Waals surface area (Å²) >= 11 is 5.86. The first-order chi connectivity index (χ1) is 13.2. The van der Waals surface area contributed by atoms with Crippen molar-refractivity contribution in [2.24, 2.45) is 11.1 Å². The van der Waals surface area contributed by atoms with Crippen molar-refractivity contribution in [3.8, 4) is 0 Å². The maximum absolute atomic E-state index is 12.0. The SMILES string of the molecule is O=C(CON=C1c2ccccc2C2C=CC=CC12)NCc1ccc(Cl)cc1. The first kappa shape index (κ1) is 17.6. The zero-order valence-electron chi connectivity index (χ0n) is 14.6. The molecule has 2 unspecified atom stereocenters. The van der Waals surface area contributed by atoms with Crippen LogP contribution in [0, 0.1) is 5.92 Å². The van der Waals surface area contributed by atoms with E-state index in [-0.39, 0.29) is 24.3 Å². The van der Waals surface area contributed by atoms with E-state index in [0.717, 1.165) is 16.8 Å². The van der Waals surface area contributed by atoms with Crippen LogP contribution >= 0.6 is 11.6 Å². The van der Waals surface area contributed by atoms with Crippen LogP contribution in [0.2, 0.25) is 5.02 Å². The summed E-state index contributed by atoms with van der Waals surface area (Å²) in [5, 5.41) is 7.80. The summed E-state index contributed by atoms with van der Waals surface area (Å²) in [4.78, 5) is 17.4. The third kappa shape index (κ3) is 3.81. The third-order valence-electron chi connectivity index (χ3n) is 4.81. The van der Waals surface area contributed by atoms with Crippen LogP contribution < -0.4 is 5.32 Å². The van der Waals surface area contributed by atoms with Gasteiger partial charge in [-0.2, -0.15) is 0 Å². The zero-order chi connectivity index (χ0) is 18.6. The van der Waals surface area contributed by atoms with Gasteiger partial charge in [0.25, 0.3) is 5.91 Å². The van der Waals surface area contributed by atoms with E-state index in [0.29, 0.717) is 11.6 Å². The number of benzene rings is 2. The predicted octanol–water partition coefficient (Wildman–Crippen LogP) is 4.22. The molecule has 0 heterocycles. The van der Waals surface area contributed by atoms with Crippen molar-refractivity contribution in [3.63, 3.8) is 0 Å². The number of hydrogen-bond acceptors (Lipinski definition) is 3. The minimum Gasteiger partial charge on any atom is -0.385 e. The molecular formula is C22H19ClN2O2. The smallest absolute Gasteiger partial charge is 0.261 e. The van der Waals surface area contributed by atoms with Crippen LogP contribution in [0.3, 0.4) is 0 Å². The second-order valence-electron chi connectivity index (χ2n) is 6.56. The summed E-state index contributed by atoms with van der Waals surface area (Å²) in [7, 11) is 0. The van der Waals surface area contributed by atoms with Gasteiger partial charge in [-0.3, -0.25) is 4.79 Å².